The molecule has 1 aliphatic heterocycles. The third kappa shape index (κ3) is 3.64. The second-order valence-electron chi connectivity index (χ2n) is 4.89. The van der Waals surface area contributed by atoms with E-state index in [0.29, 0.717) is 23.2 Å². The average molecular weight is 318 g/mol. The quantitative estimate of drug-likeness (QED) is 0.907. The molecule has 1 N–H and O–H groups in total. The zero-order valence-electron chi connectivity index (χ0n) is 11.2. The first-order valence-corrected chi connectivity index (χ1v) is 7.26. The predicted molar refractivity (Wildman–Crippen MR) is 78.3 cm³/mol. The monoisotopic (exact) mass is 317 g/mol. The number of rotatable bonds is 5. The number of carbonyl (C=O) groups is 1. The van der Waals surface area contributed by atoms with Crippen molar-refractivity contribution in [3.63, 3.8) is 0 Å². The summed E-state index contributed by atoms with van der Waals surface area (Å²) in [5.74, 6) is -1.29. The maximum atomic E-state index is 11.2. The van der Waals surface area contributed by atoms with Gasteiger partial charge in [0, 0.05) is 22.6 Å². The summed E-state index contributed by atoms with van der Waals surface area (Å²) in [5, 5.41) is 10.4. The van der Waals surface area contributed by atoms with E-state index in [2.05, 4.69) is 4.90 Å². The summed E-state index contributed by atoms with van der Waals surface area (Å²) in [7, 11) is 0. The van der Waals surface area contributed by atoms with E-state index in [1.165, 1.54) is 0 Å². The molecule has 1 aromatic rings. The molecule has 1 heterocycles. The van der Waals surface area contributed by atoms with Crippen LogP contribution in [0.25, 0.3) is 0 Å². The Hall–Kier alpha value is -0.810. The van der Waals surface area contributed by atoms with Crippen molar-refractivity contribution in [2.75, 3.05) is 19.8 Å². The van der Waals surface area contributed by atoms with E-state index in [-0.39, 0.29) is 12.6 Å². The van der Waals surface area contributed by atoms with E-state index in [9.17, 15) is 9.90 Å². The molecule has 0 saturated carbocycles. The van der Waals surface area contributed by atoms with Crippen LogP contribution < -0.4 is 0 Å². The van der Waals surface area contributed by atoms with Crippen LogP contribution in [0.2, 0.25) is 10.0 Å². The minimum Gasteiger partial charge on any atom is -0.481 e. The van der Waals surface area contributed by atoms with E-state index in [1.54, 1.807) is 6.07 Å². The molecule has 0 aromatic heterocycles. The fourth-order valence-electron chi connectivity index (χ4n) is 2.54. The van der Waals surface area contributed by atoms with Crippen LogP contribution in [0.5, 0.6) is 0 Å². The van der Waals surface area contributed by atoms with Gasteiger partial charge in [-0.2, -0.15) is 0 Å². The fraction of sp³-hybridized carbons (Fsp3) is 0.500. The van der Waals surface area contributed by atoms with Crippen molar-refractivity contribution in [2.45, 2.75) is 19.5 Å². The smallest absolute Gasteiger partial charge is 0.310 e. The molecule has 1 fully saturated rings. The van der Waals surface area contributed by atoms with E-state index in [4.69, 9.17) is 27.9 Å². The lowest BCUT2D eigenvalue weighted by atomic mass is 10.0. The molecule has 1 aromatic carbocycles. The third-order valence-corrected chi connectivity index (χ3v) is 3.99. The van der Waals surface area contributed by atoms with Gasteiger partial charge in [0.05, 0.1) is 19.1 Å². The largest absolute Gasteiger partial charge is 0.481 e. The molecule has 0 bridgehead atoms. The van der Waals surface area contributed by atoms with Gasteiger partial charge in [-0.25, -0.2) is 0 Å². The van der Waals surface area contributed by atoms with Crippen LogP contribution >= 0.6 is 23.2 Å². The normalized spacial score (nSPS) is 22.4. The van der Waals surface area contributed by atoms with Gasteiger partial charge in [-0.1, -0.05) is 30.1 Å². The summed E-state index contributed by atoms with van der Waals surface area (Å²) in [6.07, 6.45) is 0. The molecular weight excluding hydrogens is 301 g/mol. The topological polar surface area (TPSA) is 49.8 Å². The van der Waals surface area contributed by atoms with Crippen molar-refractivity contribution in [1.82, 2.24) is 4.90 Å². The van der Waals surface area contributed by atoms with Crippen LogP contribution in [0.3, 0.4) is 0 Å². The van der Waals surface area contributed by atoms with Gasteiger partial charge < -0.3 is 9.84 Å². The van der Waals surface area contributed by atoms with Crippen molar-refractivity contribution < 1.29 is 14.6 Å². The number of halogens is 2. The number of hydrogen-bond acceptors (Lipinski definition) is 3. The molecular formula is C14H17Cl2NO3. The van der Waals surface area contributed by atoms with Gasteiger partial charge in [0.1, 0.15) is 0 Å². The van der Waals surface area contributed by atoms with E-state index in [1.807, 2.05) is 19.1 Å². The fourth-order valence-corrected chi connectivity index (χ4v) is 3.11. The number of nitrogens with zero attached hydrogens (tertiary/aromatic N) is 1. The van der Waals surface area contributed by atoms with Crippen LogP contribution in [0.4, 0.5) is 0 Å². The summed E-state index contributed by atoms with van der Waals surface area (Å²) in [5.41, 5.74) is 0.973. The zero-order chi connectivity index (χ0) is 14.7. The highest BCUT2D eigenvalue weighted by Crippen LogP contribution is 2.24. The molecule has 110 valence electrons. The van der Waals surface area contributed by atoms with Crippen LogP contribution in [-0.2, 0) is 16.1 Å². The van der Waals surface area contributed by atoms with E-state index >= 15 is 0 Å². The molecule has 0 amide bonds. The maximum Gasteiger partial charge on any atom is 0.310 e. The minimum atomic E-state index is -0.810. The summed E-state index contributed by atoms with van der Waals surface area (Å²) in [6, 6.07) is 5.26. The summed E-state index contributed by atoms with van der Waals surface area (Å²) in [6.45, 7) is 4.06. The molecule has 0 spiro atoms. The summed E-state index contributed by atoms with van der Waals surface area (Å²) >= 11 is 12.0. The molecule has 0 radical (unpaired) electrons. The Morgan fingerprint density at radius 2 is 2.00 bits per heavy atom. The molecule has 6 heteroatoms. The van der Waals surface area contributed by atoms with Crippen LogP contribution in [-0.4, -0.2) is 41.8 Å². The van der Waals surface area contributed by atoms with Crippen molar-refractivity contribution in [2.24, 2.45) is 5.92 Å². The molecule has 2 unspecified atom stereocenters. The Labute approximate surface area is 128 Å². The number of aliphatic carboxylic acids is 1. The van der Waals surface area contributed by atoms with Gasteiger partial charge in [-0.15, -0.1) is 0 Å². The Bertz CT molecular complexity index is 475. The van der Waals surface area contributed by atoms with E-state index in [0.717, 1.165) is 12.1 Å². The Balaban J connectivity index is 2.14. The van der Waals surface area contributed by atoms with Crippen LogP contribution in [0.15, 0.2) is 18.2 Å². The van der Waals surface area contributed by atoms with Gasteiger partial charge in [0.15, 0.2) is 0 Å². The van der Waals surface area contributed by atoms with Crippen molar-refractivity contribution in [1.29, 1.82) is 0 Å². The molecule has 4 nitrogen and oxygen atoms in total. The Kier molecular flexibility index (Phi) is 5.27. The second-order valence-corrected chi connectivity index (χ2v) is 5.76. The van der Waals surface area contributed by atoms with Crippen LogP contribution in [0.1, 0.15) is 12.5 Å². The molecule has 1 aliphatic rings. The van der Waals surface area contributed by atoms with Gasteiger partial charge in [0.2, 0.25) is 0 Å². The number of likely N-dealkylation sites (N-methyl/N-ethyl adjacent to an activating group) is 1. The Morgan fingerprint density at radius 3 is 2.55 bits per heavy atom. The predicted octanol–water partition coefficient (Wildman–Crippen LogP) is 2.91. The SMILES string of the molecule is CCN(Cc1cc(Cl)cc(Cl)c1)C1COCC1C(=O)O. The number of hydrogen-bond donors (Lipinski definition) is 1. The Morgan fingerprint density at radius 1 is 1.35 bits per heavy atom. The average Bonchev–Trinajstić information content (AvgIpc) is 2.83. The number of carboxylic acids is 1. The highest BCUT2D eigenvalue weighted by Gasteiger charge is 2.37. The number of carboxylic acid groups (broad SMARTS) is 1. The molecule has 0 aliphatic carbocycles. The first-order chi connectivity index (χ1) is 9.51. The minimum absolute atomic E-state index is 0.116. The van der Waals surface area contributed by atoms with Gasteiger partial charge in [-0.3, -0.25) is 9.69 Å². The van der Waals surface area contributed by atoms with Gasteiger partial charge >= 0.3 is 5.97 Å². The third-order valence-electron chi connectivity index (χ3n) is 3.55. The second kappa shape index (κ2) is 6.76. The molecule has 20 heavy (non-hydrogen) atoms. The number of ether oxygens (including phenoxy) is 1. The highest BCUT2D eigenvalue weighted by molar-refractivity contribution is 6.34. The first kappa shape index (κ1) is 15.6. The molecule has 1 saturated heterocycles. The number of benzene rings is 1. The van der Waals surface area contributed by atoms with Crippen molar-refractivity contribution in [3.8, 4) is 0 Å². The first-order valence-electron chi connectivity index (χ1n) is 6.50. The molecule has 2 rings (SSSR count). The standard InChI is InChI=1S/C14H17Cl2NO3/c1-2-17(13-8-20-7-12(13)14(18)19)6-9-3-10(15)5-11(16)4-9/h3-5,12-13H,2,6-8H2,1H3,(H,18,19). The highest BCUT2D eigenvalue weighted by atomic mass is 35.5. The van der Waals surface area contributed by atoms with Crippen molar-refractivity contribution >= 4 is 29.2 Å². The lowest BCUT2D eigenvalue weighted by Gasteiger charge is -2.29. The lowest BCUT2D eigenvalue weighted by Crippen LogP contribution is -2.42. The summed E-state index contributed by atoms with van der Waals surface area (Å²) in [4.78, 5) is 13.3. The zero-order valence-corrected chi connectivity index (χ0v) is 12.7. The van der Waals surface area contributed by atoms with E-state index < -0.39 is 11.9 Å². The van der Waals surface area contributed by atoms with Crippen molar-refractivity contribution in [3.05, 3.63) is 33.8 Å². The lowest BCUT2D eigenvalue weighted by molar-refractivity contribution is -0.143. The maximum absolute atomic E-state index is 11.2. The van der Waals surface area contributed by atoms with Gasteiger partial charge in [0.25, 0.3) is 0 Å². The molecule has 2 atom stereocenters. The van der Waals surface area contributed by atoms with Gasteiger partial charge in [-0.05, 0) is 30.3 Å². The summed E-state index contributed by atoms with van der Waals surface area (Å²) < 4.78 is 5.32. The van der Waals surface area contributed by atoms with Crippen LogP contribution in [0, 0.1) is 5.92 Å².